The highest BCUT2D eigenvalue weighted by molar-refractivity contribution is 5.69. The van der Waals surface area contributed by atoms with Crippen LogP contribution in [0, 0.1) is 0 Å². The van der Waals surface area contributed by atoms with E-state index in [1.54, 1.807) is 7.11 Å². The largest absolute Gasteiger partial charge is 0.497 e. The van der Waals surface area contributed by atoms with Crippen molar-refractivity contribution in [3.8, 4) is 16.9 Å². The molecule has 88 valence electrons. The lowest BCUT2D eigenvalue weighted by molar-refractivity contribution is 0.415. The van der Waals surface area contributed by atoms with Crippen LogP contribution in [0.25, 0.3) is 11.1 Å². The smallest absolute Gasteiger partial charge is 0.123 e. The highest BCUT2D eigenvalue weighted by atomic mass is 16.5. The summed E-state index contributed by atoms with van der Waals surface area (Å²) >= 11 is 0. The normalized spacial score (nSPS) is 10.2. The third-order valence-corrected chi connectivity index (χ3v) is 2.77. The molecule has 0 saturated heterocycles. The number of nitrogens with zero attached hydrogens (tertiary/aromatic N) is 1. The summed E-state index contributed by atoms with van der Waals surface area (Å²) in [4.78, 5) is 4.16. The lowest BCUT2D eigenvalue weighted by atomic mass is 10.00. The van der Waals surface area contributed by atoms with Crippen molar-refractivity contribution in [3.63, 3.8) is 0 Å². The zero-order valence-electron chi connectivity index (χ0n) is 10.1. The van der Waals surface area contributed by atoms with Gasteiger partial charge in [-0.05, 0) is 35.7 Å². The molecule has 0 atom stereocenters. The Kier molecular flexibility index (Phi) is 3.28. The summed E-state index contributed by atoms with van der Waals surface area (Å²) in [5.74, 6) is 1.41. The summed E-state index contributed by atoms with van der Waals surface area (Å²) in [6, 6.07) is 9.89. The molecule has 2 rings (SSSR count). The maximum atomic E-state index is 5.70. The van der Waals surface area contributed by atoms with Crippen molar-refractivity contribution in [2.75, 3.05) is 12.8 Å². The van der Waals surface area contributed by atoms with Gasteiger partial charge in [-0.2, -0.15) is 0 Å². The number of rotatable bonds is 3. The minimum Gasteiger partial charge on any atom is -0.497 e. The van der Waals surface area contributed by atoms with Gasteiger partial charge in [-0.15, -0.1) is 0 Å². The third-order valence-electron chi connectivity index (χ3n) is 2.77. The summed E-state index contributed by atoms with van der Waals surface area (Å²) < 4.78 is 5.23. The zero-order valence-corrected chi connectivity index (χ0v) is 10.1. The Labute approximate surface area is 101 Å². The average molecular weight is 228 g/mol. The van der Waals surface area contributed by atoms with Gasteiger partial charge in [0, 0.05) is 11.8 Å². The fraction of sp³-hybridized carbons (Fsp3) is 0.214. The number of nitrogens with two attached hydrogens (primary N) is 1. The van der Waals surface area contributed by atoms with E-state index in [-0.39, 0.29) is 0 Å². The lowest BCUT2D eigenvalue weighted by Gasteiger charge is -2.09. The molecule has 17 heavy (non-hydrogen) atoms. The van der Waals surface area contributed by atoms with Crippen molar-refractivity contribution in [2.45, 2.75) is 13.3 Å². The molecule has 1 heterocycles. The molecule has 3 heteroatoms. The van der Waals surface area contributed by atoms with Crippen LogP contribution in [0.2, 0.25) is 0 Å². The highest BCUT2D eigenvalue weighted by Crippen LogP contribution is 2.27. The minimum absolute atomic E-state index is 0.563. The second-order valence-electron chi connectivity index (χ2n) is 3.85. The summed E-state index contributed by atoms with van der Waals surface area (Å²) in [6.07, 6.45) is 2.75. The molecule has 0 aliphatic carbocycles. The van der Waals surface area contributed by atoms with Gasteiger partial charge in [0.15, 0.2) is 0 Å². The Morgan fingerprint density at radius 3 is 2.82 bits per heavy atom. The summed E-state index contributed by atoms with van der Waals surface area (Å²) in [5, 5.41) is 0. The predicted octanol–water partition coefficient (Wildman–Crippen LogP) is 2.90. The van der Waals surface area contributed by atoms with Gasteiger partial charge >= 0.3 is 0 Å². The fourth-order valence-corrected chi connectivity index (χ4v) is 1.86. The zero-order chi connectivity index (χ0) is 12.3. The van der Waals surface area contributed by atoms with Crippen LogP contribution >= 0.6 is 0 Å². The molecule has 0 bridgehead atoms. The second-order valence-corrected chi connectivity index (χ2v) is 3.85. The van der Waals surface area contributed by atoms with E-state index in [0.717, 1.165) is 23.3 Å². The first-order valence-electron chi connectivity index (χ1n) is 5.63. The van der Waals surface area contributed by atoms with Crippen LogP contribution in [0.4, 0.5) is 5.82 Å². The fourth-order valence-electron chi connectivity index (χ4n) is 1.86. The maximum absolute atomic E-state index is 5.70. The average Bonchev–Trinajstić information content (AvgIpc) is 2.38. The SMILES string of the molecule is CCc1cc(N)ncc1-c1cccc(OC)c1. The minimum atomic E-state index is 0.563. The van der Waals surface area contributed by atoms with E-state index in [4.69, 9.17) is 10.5 Å². The van der Waals surface area contributed by atoms with Crippen molar-refractivity contribution >= 4 is 5.82 Å². The van der Waals surface area contributed by atoms with Crippen molar-refractivity contribution < 1.29 is 4.74 Å². The molecule has 3 nitrogen and oxygen atoms in total. The van der Waals surface area contributed by atoms with Crippen molar-refractivity contribution in [1.29, 1.82) is 0 Å². The summed E-state index contributed by atoms with van der Waals surface area (Å²) in [5.41, 5.74) is 9.12. The van der Waals surface area contributed by atoms with Crippen LogP contribution in [-0.2, 0) is 6.42 Å². The molecule has 0 amide bonds. The third kappa shape index (κ3) is 2.38. The Morgan fingerprint density at radius 1 is 1.29 bits per heavy atom. The highest BCUT2D eigenvalue weighted by Gasteiger charge is 2.06. The van der Waals surface area contributed by atoms with Crippen LogP contribution in [0.15, 0.2) is 36.5 Å². The van der Waals surface area contributed by atoms with Crippen LogP contribution in [-0.4, -0.2) is 12.1 Å². The van der Waals surface area contributed by atoms with Crippen LogP contribution in [0.3, 0.4) is 0 Å². The number of methoxy groups -OCH3 is 1. The molecule has 0 radical (unpaired) electrons. The van der Waals surface area contributed by atoms with E-state index in [9.17, 15) is 0 Å². The van der Waals surface area contributed by atoms with Crippen LogP contribution in [0.1, 0.15) is 12.5 Å². The van der Waals surface area contributed by atoms with Crippen LogP contribution < -0.4 is 10.5 Å². The Hall–Kier alpha value is -2.03. The van der Waals surface area contributed by atoms with Gasteiger partial charge < -0.3 is 10.5 Å². The molecule has 1 aromatic heterocycles. The molecule has 0 unspecified atom stereocenters. The number of ether oxygens (including phenoxy) is 1. The molecule has 1 aromatic carbocycles. The number of nitrogen functional groups attached to an aromatic ring is 1. The van der Waals surface area contributed by atoms with E-state index < -0.39 is 0 Å². The van der Waals surface area contributed by atoms with Gasteiger partial charge in [0.2, 0.25) is 0 Å². The quantitative estimate of drug-likeness (QED) is 0.878. The Bertz CT molecular complexity index is 523. The van der Waals surface area contributed by atoms with Gasteiger partial charge in [0.25, 0.3) is 0 Å². The van der Waals surface area contributed by atoms with Gasteiger partial charge in [0.1, 0.15) is 11.6 Å². The van der Waals surface area contributed by atoms with E-state index in [2.05, 4.69) is 18.0 Å². The number of aryl methyl sites for hydroxylation is 1. The first-order chi connectivity index (χ1) is 8.24. The molecule has 2 N–H and O–H groups in total. The van der Waals surface area contributed by atoms with Gasteiger partial charge in [-0.25, -0.2) is 4.98 Å². The Morgan fingerprint density at radius 2 is 2.12 bits per heavy atom. The monoisotopic (exact) mass is 228 g/mol. The number of pyridine rings is 1. The van der Waals surface area contributed by atoms with Crippen molar-refractivity contribution in [2.24, 2.45) is 0 Å². The number of aromatic nitrogens is 1. The number of hydrogen-bond donors (Lipinski definition) is 1. The standard InChI is InChI=1S/C14H16N2O/c1-3-10-8-14(15)16-9-13(10)11-5-4-6-12(7-11)17-2/h4-9H,3H2,1-2H3,(H2,15,16). The van der Waals surface area contributed by atoms with E-state index in [1.807, 2.05) is 30.5 Å². The van der Waals surface area contributed by atoms with Gasteiger partial charge in [0.05, 0.1) is 7.11 Å². The van der Waals surface area contributed by atoms with E-state index in [1.165, 1.54) is 5.56 Å². The van der Waals surface area contributed by atoms with Crippen molar-refractivity contribution in [3.05, 3.63) is 42.1 Å². The summed E-state index contributed by atoms with van der Waals surface area (Å²) in [7, 11) is 1.67. The Balaban J connectivity index is 2.51. The number of anilines is 1. The maximum Gasteiger partial charge on any atom is 0.123 e. The molecule has 2 aromatic rings. The molecular formula is C14H16N2O. The van der Waals surface area contributed by atoms with Gasteiger partial charge in [-0.1, -0.05) is 19.1 Å². The number of hydrogen-bond acceptors (Lipinski definition) is 3. The van der Waals surface area contributed by atoms with Crippen molar-refractivity contribution in [1.82, 2.24) is 4.98 Å². The first kappa shape index (κ1) is 11.5. The van der Waals surface area contributed by atoms with E-state index >= 15 is 0 Å². The first-order valence-corrected chi connectivity index (χ1v) is 5.63. The second kappa shape index (κ2) is 4.87. The molecule has 0 saturated carbocycles. The predicted molar refractivity (Wildman–Crippen MR) is 70.0 cm³/mol. The molecule has 0 spiro atoms. The topological polar surface area (TPSA) is 48.1 Å². The van der Waals surface area contributed by atoms with Crippen LogP contribution in [0.5, 0.6) is 5.75 Å². The van der Waals surface area contributed by atoms with E-state index in [0.29, 0.717) is 5.82 Å². The lowest BCUT2D eigenvalue weighted by Crippen LogP contribution is -1.95. The summed E-state index contributed by atoms with van der Waals surface area (Å²) in [6.45, 7) is 2.11. The van der Waals surface area contributed by atoms with Gasteiger partial charge in [-0.3, -0.25) is 0 Å². The molecule has 0 fully saturated rings. The molecule has 0 aliphatic rings. The molecular weight excluding hydrogens is 212 g/mol. The molecule has 0 aliphatic heterocycles. The number of benzene rings is 1.